The molecular weight excluding hydrogens is 396 g/mol. The molecule has 6 nitrogen and oxygen atoms in total. The standard InChI is InChI=1S/C23H30N4O2S/c1-23(2,3)22-25-17(15-30-22)14-26-7-9-27(10-8-26)21(28)11-16-13-24-20-6-5-18(29-4)12-19(16)20/h5-6,12-13,15,24H,7-11,14H2,1-4H3. The third kappa shape index (κ3) is 4.52. The van der Waals surface area contributed by atoms with Gasteiger partial charge in [-0.05, 0) is 23.8 Å². The van der Waals surface area contributed by atoms with Crippen LogP contribution in [0, 0.1) is 0 Å². The molecule has 1 aliphatic heterocycles. The lowest BCUT2D eigenvalue weighted by atomic mass is 9.98. The number of carbonyl (C=O) groups is 1. The second-order valence-electron chi connectivity index (χ2n) is 8.95. The molecule has 1 amide bonds. The van der Waals surface area contributed by atoms with E-state index in [-0.39, 0.29) is 11.3 Å². The molecule has 0 saturated carbocycles. The van der Waals surface area contributed by atoms with Crippen molar-refractivity contribution in [3.8, 4) is 5.75 Å². The minimum atomic E-state index is 0.0977. The number of nitrogens with zero attached hydrogens (tertiary/aromatic N) is 3. The van der Waals surface area contributed by atoms with Gasteiger partial charge in [0, 0.05) is 60.6 Å². The maximum Gasteiger partial charge on any atom is 0.227 e. The largest absolute Gasteiger partial charge is 0.497 e. The number of amides is 1. The molecule has 1 saturated heterocycles. The van der Waals surface area contributed by atoms with Crippen molar-refractivity contribution in [2.75, 3.05) is 33.3 Å². The highest BCUT2D eigenvalue weighted by molar-refractivity contribution is 7.09. The molecule has 0 bridgehead atoms. The Labute approximate surface area is 181 Å². The molecule has 0 aliphatic carbocycles. The van der Waals surface area contributed by atoms with Crippen LogP contribution in [-0.2, 0) is 23.2 Å². The van der Waals surface area contributed by atoms with Crippen molar-refractivity contribution >= 4 is 28.1 Å². The summed E-state index contributed by atoms with van der Waals surface area (Å²) in [6.07, 6.45) is 2.35. The lowest BCUT2D eigenvalue weighted by Gasteiger charge is -2.34. The molecule has 0 spiro atoms. The van der Waals surface area contributed by atoms with Crippen LogP contribution in [0.3, 0.4) is 0 Å². The second-order valence-corrected chi connectivity index (χ2v) is 9.81. The van der Waals surface area contributed by atoms with Crippen LogP contribution in [0.5, 0.6) is 5.75 Å². The van der Waals surface area contributed by atoms with Gasteiger partial charge in [0.25, 0.3) is 0 Å². The molecule has 0 unspecified atom stereocenters. The third-order valence-electron chi connectivity index (χ3n) is 5.62. The van der Waals surface area contributed by atoms with E-state index in [4.69, 9.17) is 9.72 Å². The predicted octanol–water partition coefficient (Wildman–Crippen LogP) is 3.82. The summed E-state index contributed by atoms with van der Waals surface area (Å²) in [5.41, 5.74) is 3.28. The molecule has 2 aromatic heterocycles. The molecule has 30 heavy (non-hydrogen) atoms. The molecular formula is C23H30N4O2S. The Morgan fingerprint density at radius 2 is 2.00 bits per heavy atom. The fraction of sp³-hybridized carbons (Fsp3) is 0.478. The number of thiazole rings is 1. The van der Waals surface area contributed by atoms with Crippen molar-refractivity contribution in [3.63, 3.8) is 0 Å². The van der Waals surface area contributed by atoms with Crippen molar-refractivity contribution in [1.82, 2.24) is 19.8 Å². The van der Waals surface area contributed by atoms with Gasteiger partial charge in [-0.3, -0.25) is 9.69 Å². The maximum atomic E-state index is 12.9. The Balaban J connectivity index is 1.33. The van der Waals surface area contributed by atoms with Gasteiger partial charge in [-0.2, -0.15) is 0 Å². The summed E-state index contributed by atoms with van der Waals surface area (Å²) < 4.78 is 5.33. The summed E-state index contributed by atoms with van der Waals surface area (Å²) in [4.78, 5) is 25.3. The van der Waals surface area contributed by atoms with Gasteiger partial charge in [-0.1, -0.05) is 20.8 Å². The van der Waals surface area contributed by atoms with Crippen molar-refractivity contribution in [2.24, 2.45) is 0 Å². The van der Waals surface area contributed by atoms with E-state index < -0.39 is 0 Å². The van der Waals surface area contributed by atoms with Gasteiger partial charge in [-0.15, -0.1) is 11.3 Å². The van der Waals surface area contributed by atoms with Gasteiger partial charge in [-0.25, -0.2) is 4.98 Å². The van der Waals surface area contributed by atoms with Crippen LogP contribution in [0.25, 0.3) is 10.9 Å². The van der Waals surface area contributed by atoms with E-state index in [1.165, 1.54) is 5.01 Å². The maximum absolute atomic E-state index is 12.9. The molecule has 0 atom stereocenters. The van der Waals surface area contributed by atoms with Gasteiger partial charge >= 0.3 is 0 Å². The zero-order valence-electron chi connectivity index (χ0n) is 18.2. The molecule has 0 radical (unpaired) electrons. The van der Waals surface area contributed by atoms with Crippen LogP contribution in [0.2, 0.25) is 0 Å². The van der Waals surface area contributed by atoms with E-state index in [0.717, 1.165) is 60.6 Å². The van der Waals surface area contributed by atoms with E-state index in [1.807, 2.05) is 29.3 Å². The molecule has 4 rings (SSSR count). The Kier molecular flexibility index (Phi) is 5.84. The normalized spacial score (nSPS) is 15.7. The average molecular weight is 427 g/mol. The number of nitrogens with one attached hydrogen (secondary N) is 1. The Bertz CT molecular complexity index is 1030. The minimum absolute atomic E-state index is 0.0977. The predicted molar refractivity (Wildman–Crippen MR) is 121 cm³/mol. The van der Waals surface area contributed by atoms with Crippen molar-refractivity contribution in [3.05, 3.63) is 46.0 Å². The van der Waals surface area contributed by atoms with Crippen LogP contribution >= 0.6 is 11.3 Å². The number of methoxy groups -OCH3 is 1. The van der Waals surface area contributed by atoms with Gasteiger partial charge in [0.1, 0.15) is 5.75 Å². The summed E-state index contributed by atoms with van der Waals surface area (Å²) in [6.45, 7) is 10.8. The van der Waals surface area contributed by atoms with Gasteiger partial charge in [0.2, 0.25) is 5.91 Å². The van der Waals surface area contributed by atoms with Crippen LogP contribution in [-0.4, -0.2) is 59.0 Å². The van der Waals surface area contributed by atoms with Gasteiger partial charge in [0.05, 0.1) is 24.2 Å². The fourth-order valence-corrected chi connectivity index (χ4v) is 4.71. The number of hydrogen-bond acceptors (Lipinski definition) is 5. The molecule has 7 heteroatoms. The monoisotopic (exact) mass is 426 g/mol. The quantitative estimate of drug-likeness (QED) is 0.674. The zero-order chi connectivity index (χ0) is 21.3. The van der Waals surface area contributed by atoms with Gasteiger partial charge < -0.3 is 14.6 Å². The van der Waals surface area contributed by atoms with Crippen LogP contribution in [0.1, 0.15) is 37.0 Å². The van der Waals surface area contributed by atoms with Crippen LogP contribution < -0.4 is 4.74 Å². The summed E-state index contributed by atoms with van der Waals surface area (Å²) in [5, 5.41) is 4.41. The van der Waals surface area contributed by atoms with E-state index in [9.17, 15) is 4.79 Å². The number of benzene rings is 1. The third-order valence-corrected chi connectivity index (χ3v) is 6.94. The van der Waals surface area contributed by atoms with Crippen molar-refractivity contribution in [1.29, 1.82) is 0 Å². The number of rotatable bonds is 5. The summed E-state index contributed by atoms with van der Waals surface area (Å²) in [5.74, 6) is 0.989. The number of carbonyl (C=O) groups excluding carboxylic acids is 1. The number of H-pyrrole nitrogens is 1. The Morgan fingerprint density at radius 3 is 2.67 bits per heavy atom. The molecule has 1 aromatic carbocycles. The number of piperazine rings is 1. The number of aromatic nitrogens is 2. The fourth-order valence-electron chi connectivity index (χ4n) is 3.81. The molecule has 1 aliphatic rings. The topological polar surface area (TPSA) is 61.5 Å². The first-order valence-corrected chi connectivity index (χ1v) is 11.3. The lowest BCUT2D eigenvalue weighted by Crippen LogP contribution is -2.48. The SMILES string of the molecule is COc1ccc2[nH]cc(CC(=O)N3CCN(Cc4csc(C(C)(C)C)n4)CC3)c2c1. The Morgan fingerprint density at radius 1 is 1.23 bits per heavy atom. The zero-order valence-corrected chi connectivity index (χ0v) is 19.0. The molecule has 1 N–H and O–H groups in total. The smallest absolute Gasteiger partial charge is 0.227 e. The molecule has 160 valence electrons. The van der Waals surface area contributed by atoms with Crippen LogP contribution in [0.15, 0.2) is 29.8 Å². The Hall–Kier alpha value is -2.38. The summed E-state index contributed by atoms with van der Waals surface area (Å²) >= 11 is 1.74. The lowest BCUT2D eigenvalue weighted by molar-refractivity contribution is -0.132. The second kappa shape index (κ2) is 8.40. The first kappa shape index (κ1) is 20.9. The average Bonchev–Trinajstić information content (AvgIpc) is 3.35. The number of hydrogen-bond donors (Lipinski definition) is 1. The number of fused-ring (bicyclic) bond motifs is 1. The first-order chi connectivity index (χ1) is 14.3. The first-order valence-electron chi connectivity index (χ1n) is 10.4. The molecule has 3 aromatic rings. The highest BCUT2D eigenvalue weighted by Gasteiger charge is 2.24. The summed E-state index contributed by atoms with van der Waals surface area (Å²) in [6, 6.07) is 5.91. The molecule has 3 heterocycles. The van der Waals surface area contributed by atoms with E-state index in [1.54, 1.807) is 18.4 Å². The van der Waals surface area contributed by atoms with Crippen molar-refractivity contribution in [2.45, 2.75) is 39.2 Å². The van der Waals surface area contributed by atoms with E-state index >= 15 is 0 Å². The van der Waals surface area contributed by atoms with E-state index in [0.29, 0.717) is 6.42 Å². The number of aromatic amines is 1. The minimum Gasteiger partial charge on any atom is -0.497 e. The van der Waals surface area contributed by atoms with Gasteiger partial charge in [0.15, 0.2) is 0 Å². The molecule has 1 fully saturated rings. The highest BCUT2D eigenvalue weighted by Crippen LogP contribution is 2.27. The van der Waals surface area contributed by atoms with E-state index in [2.05, 4.69) is 36.0 Å². The van der Waals surface area contributed by atoms with Crippen molar-refractivity contribution < 1.29 is 9.53 Å². The summed E-state index contributed by atoms with van der Waals surface area (Å²) in [7, 11) is 1.66. The van der Waals surface area contributed by atoms with Crippen LogP contribution in [0.4, 0.5) is 0 Å². The highest BCUT2D eigenvalue weighted by atomic mass is 32.1. The number of ether oxygens (including phenoxy) is 1.